The number of benzene rings is 1. The van der Waals surface area contributed by atoms with Gasteiger partial charge in [-0.25, -0.2) is 4.39 Å². The second-order valence-electron chi connectivity index (χ2n) is 7.69. The van der Waals surface area contributed by atoms with Crippen molar-refractivity contribution in [2.24, 2.45) is 5.73 Å². The van der Waals surface area contributed by atoms with Crippen LogP contribution in [0.5, 0.6) is 0 Å². The topological polar surface area (TPSA) is 86.8 Å². The summed E-state index contributed by atoms with van der Waals surface area (Å²) in [6.07, 6.45) is 1.45. The number of carbonyl (C=O) groups is 2. The summed E-state index contributed by atoms with van der Waals surface area (Å²) in [6.45, 7) is 6.77. The number of esters is 1. The molecule has 0 atom stereocenters. The molecule has 2 heterocycles. The minimum absolute atomic E-state index is 0.176. The molecule has 0 aliphatic carbocycles. The number of ether oxygens (including phenoxy) is 2. The Morgan fingerprint density at radius 1 is 1.16 bits per heavy atom. The number of nitrogens with zero attached hydrogens (tertiary/aromatic N) is 2. The second-order valence-corrected chi connectivity index (χ2v) is 7.69. The summed E-state index contributed by atoms with van der Waals surface area (Å²) in [6, 6.07) is 5.98. The molecule has 31 heavy (non-hydrogen) atoms. The van der Waals surface area contributed by atoms with Gasteiger partial charge in [-0.15, -0.1) is 0 Å². The molecule has 1 aromatic carbocycles. The SMILES string of the molecule is COC(=O)CCc1c(-c2ccc(F)cc2)c(C(N)=O)c(C)n1CCCN1CCOCC1. The van der Waals surface area contributed by atoms with Crippen LogP contribution in [0.25, 0.3) is 11.1 Å². The van der Waals surface area contributed by atoms with Crippen LogP contribution in [0.2, 0.25) is 0 Å². The van der Waals surface area contributed by atoms with E-state index in [0.29, 0.717) is 29.7 Å². The van der Waals surface area contributed by atoms with Crippen LogP contribution in [0.4, 0.5) is 4.39 Å². The maximum atomic E-state index is 13.5. The molecule has 2 N–H and O–H groups in total. The van der Waals surface area contributed by atoms with Crippen LogP contribution in [-0.2, 0) is 27.2 Å². The highest BCUT2D eigenvalue weighted by Crippen LogP contribution is 2.34. The predicted molar refractivity (Wildman–Crippen MR) is 115 cm³/mol. The molecule has 8 heteroatoms. The van der Waals surface area contributed by atoms with Gasteiger partial charge in [0.15, 0.2) is 0 Å². The van der Waals surface area contributed by atoms with Crippen molar-refractivity contribution in [3.63, 3.8) is 0 Å². The number of nitrogens with two attached hydrogens (primary N) is 1. The number of methoxy groups -OCH3 is 1. The standard InChI is InChI=1S/C23H30FN3O4/c1-16-21(23(25)29)22(17-4-6-18(24)7-5-17)19(8-9-20(28)30-2)27(16)11-3-10-26-12-14-31-15-13-26/h4-7H,3,8-15H2,1-2H3,(H2,25,29). The van der Waals surface area contributed by atoms with Gasteiger partial charge < -0.3 is 19.8 Å². The molecule has 168 valence electrons. The summed E-state index contributed by atoms with van der Waals surface area (Å²) >= 11 is 0. The fourth-order valence-electron chi connectivity index (χ4n) is 4.19. The van der Waals surface area contributed by atoms with Gasteiger partial charge >= 0.3 is 5.97 Å². The van der Waals surface area contributed by atoms with Crippen molar-refractivity contribution in [3.8, 4) is 11.1 Å². The maximum Gasteiger partial charge on any atom is 0.305 e. The lowest BCUT2D eigenvalue weighted by Crippen LogP contribution is -2.37. The number of hydrogen-bond acceptors (Lipinski definition) is 5. The molecular formula is C23H30FN3O4. The van der Waals surface area contributed by atoms with Crippen LogP contribution in [-0.4, -0.2) is 61.3 Å². The van der Waals surface area contributed by atoms with Gasteiger partial charge in [0.05, 0.1) is 32.3 Å². The molecule has 1 fully saturated rings. The lowest BCUT2D eigenvalue weighted by atomic mass is 9.98. The summed E-state index contributed by atoms with van der Waals surface area (Å²) in [7, 11) is 1.35. The van der Waals surface area contributed by atoms with Crippen molar-refractivity contribution in [2.75, 3.05) is 40.0 Å². The molecule has 7 nitrogen and oxygen atoms in total. The van der Waals surface area contributed by atoms with E-state index in [4.69, 9.17) is 15.2 Å². The molecule has 1 amide bonds. The third-order valence-corrected chi connectivity index (χ3v) is 5.76. The average molecular weight is 432 g/mol. The van der Waals surface area contributed by atoms with E-state index in [-0.39, 0.29) is 18.2 Å². The molecule has 1 aliphatic heterocycles. The summed E-state index contributed by atoms with van der Waals surface area (Å²) < 4.78 is 25.8. The molecule has 1 saturated heterocycles. The number of hydrogen-bond donors (Lipinski definition) is 1. The third kappa shape index (κ3) is 5.51. The van der Waals surface area contributed by atoms with Crippen molar-refractivity contribution < 1.29 is 23.5 Å². The fraction of sp³-hybridized carbons (Fsp3) is 0.478. The van der Waals surface area contributed by atoms with Gasteiger partial charge in [-0.2, -0.15) is 0 Å². The van der Waals surface area contributed by atoms with Crippen LogP contribution >= 0.6 is 0 Å². The van der Waals surface area contributed by atoms with Crippen molar-refractivity contribution in [1.82, 2.24) is 9.47 Å². The number of aromatic nitrogens is 1. The van der Waals surface area contributed by atoms with Gasteiger partial charge in [-0.05, 0) is 37.5 Å². The van der Waals surface area contributed by atoms with E-state index >= 15 is 0 Å². The summed E-state index contributed by atoms with van der Waals surface area (Å²) in [5.41, 5.74) is 9.13. The molecule has 0 radical (unpaired) electrons. The van der Waals surface area contributed by atoms with E-state index < -0.39 is 5.91 Å². The highest BCUT2D eigenvalue weighted by Gasteiger charge is 2.25. The largest absolute Gasteiger partial charge is 0.469 e. The molecule has 0 unspecified atom stereocenters. The first-order chi connectivity index (χ1) is 14.9. The smallest absolute Gasteiger partial charge is 0.305 e. The van der Waals surface area contributed by atoms with Crippen LogP contribution in [0.3, 0.4) is 0 Å². The Morgan fingerprint density at radius 3 is 2.45 bits per heavy atom. The quantitative estimate of drug-likeness (QED) is 0.617. The zero-order valence-corrected chi connectivity index (χ0v) is 18.2. The van der Waals surface area contributed by atoms with Crippen LogP contribution < -0.4 is 5.73 Å². The molecular weight excluding hydrogens is 401 g/mol. The van der Waals surface area contributed by atoms with E-state index in [9.17, 15) is 14.0 Å². The van der Waals surface area contributed by atoms with Gasteiger partial charge in [0.1, 0.15) is 5.82 Å². The Labute approximate surface area is 181 Å². The Bertz CT molecular complexity index is 918. The number of primary amides is 1. The Hall–Kier alpha value is -2.71. The van der Waals surface area contributed by atoms with Gasteiger partial charge in [0.25, 0.3) is 5.91 Å². The number of halogens is 1. The number of amides is 1. The maximum absolute atomic E-state index is 13.5. The van der Waals surface area contributed by atoms with Gasteiger partial charge in [-0.3, -0.25) is 14.5 Å². The van der Waals surface area contributed by atoms with Crippen molar-refractivity contribution in [3.05, 3.63) is 47.0 Å². The summed E-state index contributed by atoms with van der Waals surface area (Å²) in [4.78, 5) is 26.6. The molecule has 0 bridgehead atoms. The summed E-state index contributed by atoms with van der Waals surface area (Å²) in [5.74, 6) is -1.23. The lowest BCUT2D eigenvalue weighted by molar-refractivity contribution is -0.140. The normalized spacial score (nSPS) is 14.5. The second kappa shape index (κ2) is 10.5. The molecule has 2 aromatic rings. The molecule has 1 aromatic heterocycles. The third-order valence-electron chi connectivity index (χ3n) is 5.76. The molecule has 0 spiro atoms. The highest BCUT2D eigenvalue weighted by atomic mass is 19.1. The zero-order chi connectivity index (χ0) is 22.4. The van der Waals surface area contributed by atoms with E-state index in [0.717, 1.165) is 50.7 Å². The van der Waals surface area contributed by atoms with Crippen LogP contribution in [0.15, 0.2) is 24.3 Å². The zero-order valence-electron chi connectivity index (χ0n) is 18.2. The Morgan fingerprint density at radius 2 is 1.84 bits per heavy atom. The first kappa shape index (κ1) is 23.0. The van der Waals surface area contributed by atoms with Gasteiger partial charge in [-0.1, -0.05) is 12.1 Å². The number of rotatable bonds is 9. The van der Waals surface area contributed by atoms with Crippen LogP contribution in [0, 0.1) is 12.7 Å². The van der Waals surface area contributed by atoms with E-state index in [2.05, 4.69) is 9.47 Å². The van der Waals surface area contributed by atoms with Crippen LogP contribution in [0.1, 0.15) is 34.6 Å². The van der Waals surface area contributed by atoms with E-state index in [1.54, 1.807) is 12.1 Å². The Kier molecular flexibility index (Phi) is 7.81. The molecule has 3 rings (SSSR count). The number of carbonyl (C=O) groups excluding carboxylic acids is 2. The first-order valence-corrected chi connectivity index (χ1v) is 10.6. The fourth-order valence-corrected chi connectivity index (χ4v) is 4.19. The van der Waals surface area contributed by atoms with E-state index in [1.165, 1.54) is 19.2 Å². The molecule has 1 aliphatic rings. The predicted octanol–water partition coefficient (Wildman–Crippen LogP) is 2.53. The minimum atomic E-state index is -0.539. The average Bonchev–Trinajstić information content (AvgIpc) is 3.05. The van der Waals surface area contributed by atoms with Crippen molar-refractivity contribution >= 4 is 11.9 Å². The first-order valence-electron chi connectivity index (χ1n) is 10.6. The van der Waals surface area contributed by atoms with Crippen molar-refractivity contribution in [1.29, 1.82) is 0 Å². The number of morpholine rings is 1. The summed E-state index contributed by atoms with van der Waals surface area (Å²) in [5, 5.41) is 0. The van der Waals surface area contributed by atoms with Crippen molar-refractivity contribution in [2.45, 2.75) is 32.7 Å². The highest BCUT2D eigenvalue weighted by molar-refractivity contribution is 6.02. The Balaban J connectivity index is 1.96. The minimum Gasteiger partial charge on any atom is -0.469 e. The lowest BCUT2D eigenvalue weighted by Gasteiger charge is -2.26. The van der Waals surface area contributed by atoms with E-state index in [1.807, 2.05) is 6.92 Å². The van der Waals surface area contributed by atoms with Gasteiger partial charge in [0.2, 0.25) is 0 Å². The molecule has 0 saturated carbocycles. The van der Waals surface area contributed by atoms with Gasteiger partial charge in [0, 0.05) is 43.1 Å². The monoisotopic (exact) mass is 431 g/mol.